The fourth-order valence-electron chi connectivity index (χ4n) is 4.91. The van der Waals surface area contributed by atoms with Gasteiger partial charge in [0.25, 0.3) is 0 Å². The van der Waals surface area contributed by atoms with Crippen molar-refractivity contribution < 1.29 is 9.47 Å². The molecule has 2 aliphatic heterocycles. The lowest BCUT2D eigenvalue weighted by molar-refractivity contribution is 0.171. The smallest absolute Gasteiger partial charge is 0.163 e. The van der Waals surface area contributed by atoms with Crippen molar-refractivity contribution in [2.24, 2.45) is 0 Å². The molecule has 4 aromatic rings. The van der Waals surface area contributed by atoms with Crippen molar-refractivity contribution in [1.29, 1.82) is 0 Å². The normalized spacial score (nSPS) is 14.9. The molecule has 1 N–H and O–H groups in total. The van der Waals surface area contributed by atoms with Gasteiger partial charge in [-0.1, -0.05) is 60.7 Å². The third kappa shape index (κ3) is 3.74. The minimum absolute atomic E-state index is 0.0690. The molecule has 1 aromatic heterocycles. The van der Waals surface area contributed by atoms with Crippen LogP contribution < -0.4 is 14.8 Å². The third-order valence-electron chi connectivity index (χ3n) is 6.47. The van der Waals surface area contributed by atoms with Crippen molar-refractivity contribution in [3.63, 3.8) is 0 Å². The Balaban J connectivity index is 1.54. The van der Waals surface area contributed by atoms with Crippen molar-refractivity contribution in [3.8, 4) is 17.2 Å². The summed E-state index contributed by atoms with van der Waals surface area (Å²) in [5, 5.41) is 8.94. The van der Waals surface area contributed by atoms with Gasteiger partial charge in [0.05, 0.1) is 17.3 Å². The molecule has 6 rings (SSSR count). The summed E-state index contributed by atoms with van der Waals surface area (Å²) in [6.07, 6.45) is 3.31. The van der Waals surface area contributed by atoms with E-state index in [9.17, 15) is 0 Å². The van der Waals surface area contributed by atoms with Gasteiger partial charge in [0.1, 0.15) is 19.0 Å². The van der Waals surface area contributed by atoms with Crippen LogP contribution in [0.5, 0.6) is 11.5 Å². The Morgan fingerprint density at radius 3 is 2.21 bits per heavy atom. The summed E-state index contributed by atoms with van der Waals surface area (Å²) in [6, 6.07) is 27.5. The lowest BCUT2D eigenvalue weighted by atomic mass is 9.86. The van der Waals surface area contributed by atoms with Gasteiger partial charge in [-0.15, -0.1) is 0 Å². The number of anilines is 1. The zero-order valence-electron chi connectivity index (χ0n) is 18.5. The first kappa shape index (κ1) is 19.9. The van der Waals surface area contributed by atoms with Crippen molar-refractivity contribution in [3.05, 3.63) is 101 Å². The van der Waals surface area contributed by atoms with Gasteiger partial charge in [-0.25, -0.2) is 4.68 Å². The highest BCUT2D eigenvalue weighted by atomic mass is 16.6. The Kier molecular flexibility index (Phi) is 5.23. The van der Waals surface area contributed by atoms with Crippen LogP contribution in [0.2, 0.25) is 0 Å². The topological polar surface area (TPSA) is 48.3 Å². The molecule has 0 unspecified atom stereocenters. The molecule has 0 atom stereocenters. The van der Waals surface area contributed by atoms with E-state index in [4.69, 9.17) is 14.6 Å². The Labute approximate surface area is 194 Å². The van der Waals surface area contributed by atoms with Crippen LogP contribution in [0.25, 0.3) is 5.69 Å². The molecule has 2 aliphatic rings. The predicted molar refractivity (Wildman–Crippen MR) is 130 cm³/mol. The van der Waals surface area contributed by atoms with Gasteiger partial charge in [0, 0.05) is 18.2 Å². The Bertz CT molecular complexity index is 1210. The molecule has 166 valence electrons. The first-order chi connectivity index (χ1) is 16.4. The third-order valence-corrected chi connectivity index (χ3v) is 6.47. The Morgan fingerprint density at radius 2 is 1.48 bits per heavy atom. The van der Waals surface area contributed by atoms with Crippen LogP contribution in [-0.2, 0) is 6.42 Å². The van der Waals surface area contributed by atoms with E-state index in [1.165, 1.54) is 16.7 Å². The summed E-state index contributed by atoms with van der Waals surface area (Å²) >= 11 is 0. The van der Waals surface area contributed by atoms with Crippen LogP contribution in [0.3, 0.4) is 0 Å². The van der Waals surface area contributed by atoms with E-state index in [0.717, 1.165) is 54.5 Å². The number of nitrogens with zero attached hydrogens (tertiary/aromatic N) is 2. The number of benzene rings is 3. The zero-order valence-corrected chi connectivity index (χ0v) is 18.5. The predicted octanol–water partition coefficient (Wildman–Crippen LogP) is 5.57. The van der Waals surface area contributed by atoms with Crippen molar-refractivity contribution in [2.45, 2.75) is 25.2 Å². The lowest BCUT2D eigenvalue weighted by Gasteiger charge is -2.19. The van der Waals surface area contributed by atoms with E-state index in [0.29, 0.717) is 13.2 Å². The number of aromatic nitrogens is 2. The fourth-order valence-corrected chi connectivity index (χ4v) is 4.91. The van der Waals surface area contributed by atoms with Gasteiger partial charge in [0.2, 0.25) is 0 Å². The quantitative estimate of drug-likeness (QED) is 0.453. The van der Waals surface area contributed by atoms with Crippen LogP contribution >= 0.6 is 0 Å². The summed E-state index contributed by atoms with van der Waals surface area (Å²) in [6.45, 7) is 2.11. The molecule has 0 radical (unpaired) electrons. The van der Waals surface area contributed by atoms with Gasteiger partial charge in [-0.05, 0) is 42.5 Å². The van der Waals surface area contributed by atoms with Gasteiger partial charge in [-0.2, -0.15) is 5.10 Å². The van der Waals surface area contributed by atoms with E-state index in [1.807, 2.05) is 12.1 Å². The average Bonchev–Trinajstić information content (AvgIpc) is 3.05. The van der Waals surface area contributed by atoms with Crippen LogP contribution in [0, 0.1) is 0 Å². The number of hydrogen-bond donors (Lipinski definition) is 1. The van der Waals surface area contributed by atoms with Crippen molar-refractivity contribution in [2.75, 3.05) is 25.1 Å². The Hall–Kier alpha value is -3.73. The maximum atomic E-state index is 5.86. The lowest BCUT2D eigenvalue weighted by Crippen LogP contribution is -2.16. The molecule has 5 nitrogen and oxygen atoms in total. The highest BCUT2D eigenvalue weighted by Crippen LogP contribution is 2.40. The largest absolute Gasteiger partial charge is 0.486 e. The number of rotatable bonds is 4. The molecule has 33 heavy (non-hydrogen) atoms. The number of ether oxygens (including phenoxy) is 2. The van der Waals surface area contributed by atoms with Gasteiger partial charge in [-0.3, -0.25) is 0 Å². The molecule has 3 heterocycles. The van der Waals surface area contributed by atoms with Gasteiger partial charge < -0.3 is 14.8 Å². The maximum Gasteiger partial charge on any atom is 0.163 e. The maximum absolute atomic E-state index is 5.86. The summed E-state index contributed by atoms with van der Waals surface area (Å²) in [5.41, 5.74) is 5.91. The highest BCUT2D eigenvalue weighted by molar-refractivity contribution is 5.60. The van der Waals surface area contributed by atoms with Gasteiger partial charge in [0.15, 0.2) is 11.5 Å². The molecule has 0 bridgehead atoms. The second kappa shape index (κ2) is 8.66. The second-order valence-electron chi connectivity index (χ2n) is 8.59. The van der Waals surface area contributed by atoms with E-state index in [1.54, 1.807) is 0 Å². The summed E-state index contributed by atoms with van der Waals surface area (Å²) in [5.74, 6) is 2.74. The number of hydrogen-bond acceptors (Lipinski definition) is 4. The average molecular weight is 438 g/mol. The molecule has 3 aromatic carbocycles. The first-order valence-corrected chi connectivity index (χ1v) is 11.7. The van der Waals surface area contributed by atoms with E-state index in [2.05, 4.69) is 76.7 Å². The van der Waals surface area contributed by atoms with E-state index in [-0.39, 0.29) is 5.92 Å². The monoisotopic (exact) mass is 437 g/mol. The van der Waals surface area contributed by atoms with Crippen LogP contribution in [0.1, 0.15) is 41.1 Å². The van der Waals surface area contributed by atoms with Crippen LogP contribution in [0.15, 0.2) is 78.9 Å². The molecule has 0 spiro atoms. The van der Waals surface area contributed by atoms with Gasteiger partial charge >= 0.3 is 0 Å². The summed E-state index contributed by atoms with van der Waals surface area (Å²) < 4.78 is 13.7. The molecule has 0 saturated heterocycles. The summed E-state index contributed by atoms with van der Waals surface area (Å²) in [7, 11) is 0. The molecular formula is C28H27N3O2. The SMILES string of the molecule is c1ccc(C(c2ccccc2)c2nn(-c3ccc4c(c3)OCCO4)c3c2CCCCN3)cc1. The first-order valence-electron chi connectivity index (χ1n) is 11.7. The van der Waals surface area contributed by atoms with Crippen LogP contribution in [-0.4, -0.2) is 29.5 Å². The molecule has 0 aliphatic carbocycles. The molecular weight excluding hydrogens is 410 g/mol. The molecule has 0 amide bonds. The highest BCUT2D eigenvalue weighted by Gasteiger charge is 2.28. The fraction of sp³-hybridized carbons (Fsp3) is 0.250. The molecule has 0 fully saturated rings. The standard InChI is InChI=1S/C28H27N3O2/c1-3-9-20(10-4-1)26(21-11-5-2-6-12-21)27-23-13-7-8-16-29-28(23)31(30-27)22-14-15-24-25(19-22)33-18-17-32-24/h1-6,9-12,14-15,19,26,29H,7-8,13,16-18H2. The Morgan fingerprint density at radius 1 is 0.788 bits per heavy atom. The zero-order chi connectivity index (χ0) is 22.0. The van der Waals surface area contributed by atoms with Crippen molar-refractivity contribution >= 4 is 5.82 Å². The number of nitrogens with one attached hydrogen (secondary N) is 1. The minimum atomic E-state index is 0.0690. The number of fused-ring (bicyclic) bond motifs is 2. The minimum Gasteiger partial charge on any atom is -0.486 e. The van der Waals surface area contributed by atoms with Crippen LogP contribution in [0.4, 0.5) is 5.82 Å². The summed E-state index contributed by atoms with van der Waals surface area (Å²) in [4.78, 5) is 0. The van der Waals surface area contributed by atoms with E-state index < -0.39 is 0 Å². The molecule has 0 saturated carbocycles. The second-order valence-corrected chi connectivity index (χ2v) is 8.59. The molecule has 5 heteroatoms. The van der Waals surface area contributed by atoms with E-state index >= 15 is 0 Å². The van der Waals surface area contributed by atoms with Crippen molar-refractivity contribution in [1.82, 2.24) is 9.78 Å².